The molecule has 4 heteroatoms. The van der Waals surface area contributed by atoms with Crippen molar-refractivity contribution in [3.63, 3.8) is 0 Å². The third kappa shape index (κ3) is 12.0. The van der Waals surface area contributed by atoms with Gasteiger partial charge in [-0.25, -0.2) is 0 Å². The smallest absolute Gasteiger partial charge is 0.306 e. The third-order valence-corrected chi connectivity index (χ3v) is 3.70. The summed E-state index contributed by atoms with van der Waals surface area (Å²) in [6.07, 6.45) is 11.0. The zero-order valence-electron chi connectivity index (χ0n) is 12.8. The molecule has 118 valence electrons. The molecule has 2 N–H and O–H groups in total. The molecular formula is C16H30O4. The lowest BCUT2D eigenvalue weighted by Gasteiger charge is -2.11. The maximum Gasteiger partial charge on any atom is 0.306 e. The maximum atomic E-state index is 11.1. The van der Waals surface area contributed by atoms with Crippen molar-refractivity contribution in [2.75, 3.05) is 0 Å². The maximum absolute atomic E-state index is 11.1. The zero-order valence-corrected chi connectivity index (χ0v) is 12.8. The Morgan fingerprint density at radius 1 is 0.800 bits per heavy atom. The molecule has 0 spiro atoms. The Hall–Kier alpha value is -1.06. The van der Waals surface area contributed by atoms with E-state index in [2.05, 4.69) is 6.92 Å². The van der Waals surface area contributed by atoms with Crippen LogP contribution in [0.2, 0.25) is 0 Å². The van der Waals surface area contributed by atoms with Gasteiger partial charge in [0.25, 0.3) is 0 Å². The van der Waals surface area contributed by atoms with Crippen LogP contribution in [0.5, 0.6) is 0 Å². The molecule has 0 aliphatic carbocycles. The van der Waals surface area contributed by atoms with E-state index >= 15 is 0 Å². The summed E-state index contributed by atoms with van der Waals surface area (Å²) >= 11 is 0. The average molecular weight is 286 g/mol. The molecule has 0 saturated carbocycles. The van der Waals surface area contributed by atoms with Gasteiger partial charge >= 0.3 is 11.9 Å². The summed E-state index contributed by atoms with van der Waals surface area (Å²) in [5.74, 6) is -1.58. The molecule has 0 bridgehead atoms. The lowest BCUT2D eigenvalue weighted by Crippen LogP contribution is -2.13. The molecule has 0 aromatic carbocycles. The lowest BCUT2D eigenvalue weighted by atomic mass is 9.94. The highest BCUT2D eigenvalue weighted by Gasteiger charge is 2.16. The van der Waals surface area contributed by atoms with Crippen LogP contribution in [0, 0.1) is 5.92 Å². The van der Waals surface area contributed by atoms with Gasteiger partial charge < -0.3 is 10.2 Å². The van der Waals surface area contributed by atoms with Crippen molar-refractivity contribution in [1.82, 2.24) is 0 Å². The number of carboxylic acids is 2. The highest BCUT2D eigenvalue weighted by molar-refractivity contribution is 5.69. The number of aliphatic carboxylic acids is 2. The van der Waals surface area contributed by atoms with Gasteiger partial charge in [0, 0.05) is 6.42 Å². The first-order valence-corrected chi connectivity index (χ1v) is 8.02. The molecule has 0 fully saturated rings. The predicted octanol–water partition coefficient (Wildman–Crippen LogP) is 4.47. The normalized spacial score (nSPS) is 12.2. The summed E-state index contributed by atoms with van der Waals surface area (Å²) in [4.78, 5) is 21.5. The number of carboxylic acid groups (broad SMARTS) is 2. The summed E-state index contributed by atoms with van der Waals surface area (Å²) in [6, 6.07) is 0. The monoisotopic (exact) mass is 286 g/mol. The fourth-order valence-corrected chi connectivity index (χ4v) is 2.41. The van der Waals surface area contributed by atoms with Crippen molar-refractivity contribution < 1.29 is 19.8 Å². The summed E-state index contributed by atoms with van der Waals surface area (Å²) in [5.41, 5.74) is 0. The lowest BCUT2D eigenvalue weighted by molar-refractivity contribution is -0.142. The van der Waals surface area contributed by atoms with E-state index in [-0.39, 0.29) is 12.3 Å². The quantitative estimate of drug-likeness (QED) is 0.462. The molecule has 0 amide bonds. The average Bonchev–Trinajstić information content (AvgIpc) is 2.39. The van der Waals surface area contributed by atoms with E-state index in [1.54, 1.807) is 0 Å². The molecule has 0 rings (SSSR count). The molecule has 0 aliphatic heterocycles. The molecule has 20 heavy (non-hydrogen) atoms. The molecule has 0 aliphatic rings. The van der Waals surface area contributed by atoms with Crippen LogP contribution in [-0.4, -0.2) is 22.2 Å². The standard InChI is InChI=1S/C16H30O4/c1-2-3-4-8-11-14(16(19)20)12-9-6-5-7-10-13-15(17)18/h14H,2-13H2,1H3,(H,17,18)(H,19,20). The predicted molar refractivity (Wildman–Crippen MR) is 79.8 cm³/mol. The van der Waals surface area contributed by atoms with Crippen molar-refractivity contribution in [2.24, 2.45) is 5.92 Å². The third-order valence-electron chi connectivity index (χ3n) is 3.70. The molecule has 1 atom stereocenters. The van der Waals surface area contributed by atoms with E-state index in [1.807, 2.05) is 0 Å². The van der Waals surface area contributed by atoms with Gasteiger partial charge in [-0.2, -0.15) is 0 Å². The number of hydrogen-bond donors (Lipinski definition) is 2. The zero-order chi connectivity index (χ0) is 15.2. The van der Waals surface area contributed by atoms with Crippen LogP contribution >= 0.6 is 0 Å². The van der Waals surface area contributed by atoms with Crippen LogP contribution in [0.15, 0.2) is 0 Å². The summed E-state index contributed by atoms with van der Waals surface area (Å²) in [5, 5.41) is 17.7. The highest BCUT2D eigenvalue weighted by atomic mass is 16.4. The highest BCUT2D eigenvalue weighted by Crippen LogP contribution is 2.19. The van der Waals surface area contributed by atoms with Gasteiger partial charge in [0.2, 0.25) is 0 Å². The first-order chi connectivity index (χ1) is 9.57. The van der Waals surface area contributed by atoms with E-state index in [9.17, 15) is 9.59 Å². The first-order valence-electron chi connectivity index (χ1n) is 8.02. The largest absolute Gasteiger partial charge is 0.481 e. The van der Waals surface area contributed by atoms with E-state index in [0.29, 0.717) is 0 Å². The van der Waals surface area contributed by atoms with Crippen molar-refractivity contribution >= 4 is 11.9 Å². The Labute approximate surface area is 122 Å². The van der Waals surface area contributed by atoms with Gasteiger partial charge in [-0.3, -0.25) is 9.59 Å². The van der Waals surface area contributed by atoms with Crippen LogP contribution in [0.1, 0.15) is 84.0 Å². The van der Waals surface area contributed by atoms with Gasteiger partial charge in [0.05, 0.1) is 5.92 Å². The second kappa shape index (κ2) is 12.9. The van der Waals surface area contributed by atoms with E-state index < -0.39 is 11.9 Å². The van der Waals surface area contributed by atoms with Crippen molar-refractivity contribution in [2.45, 2.75) is 84.0 Å². The number of rotatable bonds is 14. The Balaban J connectivity index is 3.55. The van der Waals surface area contributed by atoms with Gasteiger partial charge in [-0.15, -0.1) is 0 Å². The topological polar surface area (TPSA) is 74.6 Å². The minimum absolute atomic E-state index is 0.189. The molecule has 0 saturated heterocycles. The molecular weight excluding hydrogens is 256 g/mol. The fourth-order valence-electron chi connectivity index (χ4n) is 2.41. The number of hydrogen-bond acceptors (Lipinski definition) is 2. The Bertz CT molecular complexity index is 263. The fraction of sp³-hybridized carbons (Fsp3) is 0.875. The van der Waals surface area contributed by atoms with Crippen LogP contribution in [-0.2, 0) is 9.59 Å². The van der Waals surface area contributed by atoms with Crippen LogP contribution in [0.25, 0.3) is 0 Å². The molecule has 0 aromatic heterocycles. The Morgan fingerprint density at radius 2 is 1.30 bits per heavy atom. The van der Waals surface area contributed by atoms with E-state index in [0.717, 1.165) is 57.8 Å². The molecule has 0 aromatic rings. The van der Waals surface area contributed by atoms with E-state index in [4.69, 9.17) is 10.2 Å². The summed E-state index contributed by atoms with van der Waals surface area (Å²) in [6.45, 7) is 2.15. The molecule has 4 nitrogen and oxygen atoms in total. The van der Waals surface area contributed by atoms with Crippen LogP contribution in [0.3, 0.4) is 0 Å². The van der Waals surface area contributed by atoms with Crippen molar-refractivity contribution in [3.8, 4) is 0 Å². The number of unbranched alkanes of at least 4 members (excludes halogenated alkanes) is 7. The second-order valence-electron chi connectivity index (χ2n) is 5.58. The molecule has 1 unspecified atom stereocenters. The van der Waals surface area contributed by atoms with Crippen molar-refractivity contribution in [3.05, 3.63) is 0 Å². The summed E-state index contributed by atoms with van der Waals surface area (Å²) in [7, 11) is 0. The second-order valence-corrected chi connectivity index (χ2v) is 5.58. The number of carbonyl (C=O) groups is 2. The van der Waals surface area contributed by atoms with Gasteiger partial charge in [0.15, 0.2) is 0 Å². The minimum atomic E-state index is -0.733. The first kappa shape index (κ1) is 18.9. The Morgan fingerprint density at radius 3 is 1.80 bits per heavy atom. The van der Waals surface area contributed by atoms with Gasteiger partial charge in [-0.05, 0) is 19.3 Å². The SMILES string of the molecule is CCCCCCC(CCCCCCCC(=O)O)C(=O)O. The van der Waals surface area contributed by atoms with E-state index in [1.165, 1.54) is 12.8 Å². The van der Waals surface area contributed by atoms with Crippen LogP contribution < -0.4 is 0 Å². The molecule has 0 heterocycles. The van der Waals surface area contributed by atoms with Gasteiger partial charge in [-0.1, -0.05) is 58.3 Å². The minimum Gasteiger partial charge on any atom is -0.481 e. The Kier molecular flexibility index (Phi) is 12.3. The van der Waals surface area contributed by atoms with Crippen LogP contribution in [0.4, 0.5) is 0 Å². The molecule has 0 radical (unpaired) electrons. The van der Waals surface area contributed by atoms with Crippen molar-refractivity contribution in [1.29, 1.82) is 0 Å². The van der Waals surface area contributed by atoms with Gasteiger partial charge in [0.1, 0.15) is 0 Å². The summed E-state index contributed by atoms with van der Waals surface area (Å²) < 4.78 is 0.